The Kier molecular flexibility index (Phi) is 10.6. The summed E-state index contributed by atoms with van der Waals surface area (Å²) in [5, 5.41) is 34.4. The van der Waals surface area contributed by atoms with Gasteiger partial charge in [0, 0.05) is 6.07 Å². The summed E-state index contributed by atoms with van der Waals surface area (Å²) in [4.78, 5) is 59.6. The van der Waals surface area contributed by atoms with Crippen molar-refractivity contribution >= 4 is 46.7 Å². The summed E-state index contributed by atoms with van der Waals surface area (Å²) >= 11 is 0. The third kappa shape index (κ3) is 8.17. The number of ether oxygens (including phenoxy) is 2. The minimum Gasteiger partial charge on any atom is -0.387 e. The van der Waals surface area contributed by atoms with Crippen molar-refractivity contribution in [1.82, 2.24) is 9.97 Å². The molecule has 0 radical (unpaired) electrons. The molecular formula is C21H31N7O17P3+. The molecule has 3 aliphatic heterocycles. The summed E-state index contributed by atoms with van der Waals surface area (Å²) in [5.74, 6) is -0.644. The van der Waals surface area contributed by atoms with E-state index >= 15 is 0 Å². The number of amides is 1. The first-order valence-electron chi connectivity index (χ1n) is 13.5. The van der Waals surface area contributed by atoms with E-state index in [-0.39, 0.29) is 29.6 Å². The van der Waals surface area contributed by atoms with Crippen LogP contribution in [-0.2, 0) is 41.1 Å². The molecule has 48 heavy (non-hydrogen) atoms. The van der Waals surface area contributed by atoms with Gasteiger partial charge in [-0.3, -0.25) is 18.4 Å². The smallest absolute Gasteiger partial charge is 0.387 e. The van der Waals surface area contributed by atoms with E-state index in [9.17, 15) is 53.4 Å². The fourth-order valence-electron chi connectivity index (χ4n) is 5.03. The van der Waals surface area contributed by atoms with Crippen molar-refractivity contribution in [3.63, 3.8) is 0 Å². The SMILES string of the molecule is NC(=O)c1ccc[n+]([C@@H]2O[C@H](COP(=O)(O)OP(=O)(O)OC[C@H]3O[C@@H](N4CNc5c(N)ncnc54)[C@H](OP(=O)(O)O)[C@@H]3O)[C@@H](O)[C@H]2O)c1. The van der Waals surface area contributed by atoms with Gasteiger partial charge in [-0.1, -0.05) is 0 Å². The minimum absolute atomic E-state index is 0.0290. The average Bonchev–Trinajstić information content (AvgIpc) is 3.64. The van der Waals surface area contributed by atoms with Crippen molar-refractivity contribution in [3.05, 3.63) is 36.4 Å². The summed E-state index contributed by atoms with van der Waals surface area (Å²) in [7, 11) is -16.2. The highest BCUT2D eigenvalue weighted by Gasteiger charge is 2.53. The zero-order valence-electron chi connectivity index (χ0n) is 24.1. The number of hydrogen-bond donors (Lipinski definition) is 10. The maximum absolute atomic E-state index is 12.6. The Morgan fingerprint density at radius 1 is 1.02 bits per heavy atom. The fraction of sp³-hybridized carbons (Fsp3) is 0.524. The quantitative estimate of drug-likeness (QED) is 0.0711. The monoisotopic (exact) mass is 746 g/mol. The molecule has 266 valence electrons. The van der Waals surface area contributed by atoms with Crippen LogP contribution in [0.5, 0.6) is 0 Å². The number of hydrogen-bond acceptors (Lipinski definition) is 18. The molecule has 2 aromatic rings. The number of phosphoric ester groups is 3. The van der Waals surface area contributed by atoms with Gasteiger partial charge >= 0.3 is 23.5 Å². The standard InChI is InChI=1S/C21H30N7O17P3/c22-17-12-19(25-7-24-17)28(8-26-12)21-16(44-46(33,34)35)14(30)11(43-21)6-41-48(38,39)45-47(36,37)40-5-10-13(29)15(31)20(42-10)27-3-1-2-9(4-27)18(23)32/h1-4,7,10-11,13-16,20-21,26,29-31H,5-6,8H2,(H7-,22,23,24,25,32,33,34,35,36,37,38,39)/p+1/t10-,11-,13-,14-,15-,16-,20-,21-/m1/s1. The summed E-state index contributed by atoms with van der Waals surface area (Å²) in [6.07, 6.45) is -9.21. The number of carbonyl (C=O) groups excluding carboxylic acids is 1. The molecule has 2 unspecified atom stereocenters. The number of pyridine rings is 1. The first-order chi connectivity index (χ1) is 22.4. The molecule has 0 bridgehead atoms. The molecule has 2 fully saturated rings. The minimum atomic E-state index is -5.51. The van der Waals surface area contributed by atoms with E-state index in [1.54, 1.807) is 0 Å². The molecule has 1 amide bonds. The van der Waals surface area contributed by atoms with Crippen molar-refractivity contribution < 1.29 is 85.3 Å². The maximum atomic E-state index is 12.6. The predicted octanol–water partition coefficient (Wildman–Crippen LogP) is -3.23. The lowest BCUT2D eigenvalue weighted by molar-refractivity contribution is -0.765. The largest absolute Gasteiger partial charge is 0.481 e. The van der Waals surface area contributed by atoms with Gasteiger partial charge < -0.3 is 66.1 Å². The predicted molar refractivity (Wildman–Crippen MR) is 153 cm³/mol. The van der Waals surface area contributed by atoms with Crippen LogP contribution in [0.2, 0.25) is 0 Å². The molecular weight excluding hydrogens is 715 g/mol. The molecule has 2 aromatic heterocycles. The van der Waals surface area contributed by atoms with Gasteiger partial charge in [-0.05, 0) is 6.07 Å². The number of nitrogens with two attached hydrogens (primary N) is 2. The maximum Gasteiger partial charge on any atom is 0.481 e. The molecule has 2 saturated heterocycles. The van der Waals surface area contributed by atoms with Crippen LogP contribution in [0.25, 0.3) is 0 Å². The van der Waals surface area contributed by atoms with Crippen LogP contribution in [-0.4, -0.2) is 114 Å². The van der Waals surface area contributed by atoms with E-state index in [0.717, 1.165) is 6.33 Å². The van der Waals surface area contributed by atoms with Gasteiger partial charge in [-0.25, -0.2) is 23.7 Å². The lowest BCUT2D eigenvalue weighted by Gasteiger charge is -2.29. The first-order valence-corrected chi connectivity index (χ1v) is 18.0. The Hall–Kier alpha value is -2.73. The summed E-state index contributed by atoms with van der Waals surface area (Å²) in [6, 6.07) is 2.80. The lowest BCUT2D eigenvalue weighted by atomic mass is 10.1. The van der Waals surface area contributed by atoms with Crippen molar-refractivity contribution in [3.8, 4) is 0 Å². The molecule has 0 aliphatic carbocycles. The number of nitrogen functional groups attached to an aromatic ring is 1. The van der Waals surface area contributed by atoms with Crippen LogP contribution in [0.4, 0.5) is 17.3 Å². The molecule has 5 rings (SSSR count). The van der Waals surface area contributed by atoms with Crippen LogP contribution in [0.3, 0.4) is 0 Å². The molecule has 0 spiro atoms. The average molecular weight is 746 g/mol. The third-order valence-corrected chi connectivity index (χ3v) is 10.3. The Bertz CT molecular complexity index is 1670. The molecule has 3 aliphatic rings. The van der Waals surface area contributed by atoms with Crippen molar-refractivity contribution in [1.29, 1.82) is 0 Å². The van der Waals surface area contributed by atoms with E-state index in [4.69, 9.17) is 30.0 Å². The van der Waals surface area contributed by atoms with Gasteiger partial charge in [-0.2, -0.15) is 8.88 Å². The summed E-state index contributed by atoms with van der Waals surface area (Å²) in [5.41, 5.74) is 11.3. The highest BCUT2D eigenvalue weighted by atomic mass is 31.3. The van der Waals surface area contributed by atoms with E-state index in [2.05, 4.69) is 24.1 Å². The van der Waals surface area contributed by atoms with Crippen LogP contribution in [0.15, 0.2) is 30.9 Å². The number of anilines is 3. The number of rotatable bonds is 13. The van der Waals surface area contributed by atoms with Gasteiger partial charge in [0.1, 0.15) is 48.1 Å². The number of nitrogens with one attached hydrogen (secondary N) is 1. The highest BCUT2D eigenvalue weighted by molar-refractivity contribution is 7.61. The lowest BCUT2D eigenvalue weighted by Crippen LogP contribution is -2.46. The first kappa shape index (κ1) is 36.5. The van der Waals surface area contributed by atoms with Gasteiger partial charge in [0.05, 0.1) is 19.9 Å². The number of primary amides is 1. The summed E-state index contributed by atoms with van der Waals surface area (Å²) < 4.78 is 67.5. The van der Waals surface area contributed by atoms with E-state index < -0.39 is 91.7 Å². The molecule has 0 aromatic carbocycles. The highest BCUT2D eigenvalue weighted by Crippen LogP contribution is 2.61. The van der Waals surface area contributed by atoms with Crippen molar-refractivity contribution in [2.24, 2.45) is 5.73 Å². The van der Waals surface area contributed by atoms with Crippen LogP contribution < -0.4 is 26.3 Å². The molecule has 0 saturated carbocycles. The number of aromatic nitrogens is 3. The number of phosphoric acid groups is 3. The van der Waals surface area contributed by atoms with E-state index in [0.29, 0.717) is 0 Å². The Balaban J connectivity index is 1.19. The summed E-state index contributed by atoms with van der Waals surface area (Å²) in [6.45, 7) is -2.11. The van der Waals surface area contributed by atoms with Gasteiger partial charge in [0.2, 0.25) is 0 Å². The van der Waals surface area contributed by atoms with Crippen LogP contribution in [0.1, 0.15) is 16.6 Å². The molecule has 5 heterocycles. The zero-order chi connectivity index (χ0) is 35.2. The second-order valence-electron chi connectivity index (χ2n) is 10.4. The third-order valence-electron chi connectivity index (χ3n) is 7.18. The topological polar surface area (TPSA) is 362 Å². The van der Waals surface area contributed by atoms with E-state index in [1.807, 2.05) is 0 Å². The van der Waals surface area contributed by atoms with Gasteiger partial charge in [-0.15, -0.1) is 0 Å². The number of aliphatic hydroxyl groups excluding tert-OH is 3. The Morgan fingerprint density at radius 2 is 1.67 bits per heavy atom. The number of nitrogens with zero attached hydrogens (tertiary/aromatic N) is 4. The molecule has 12 N–H and O–H groups in total. The zero-order valence-corrected chi connectivity index (χ0v) is 26.8. The molecule has 24 nitrogen and oxygen atoms in total. The number of carbonyl (C=O) groups is 1. The van der Waals surface area contributed by atoms with Crippen LogP contribution in [0, 0.1) is 0 Å². The second-order valence-corrected chi connectivity index (χ2v) is 14.7. The van der Waals surface area contributed by atoms with Crippen molar-refractivity contribution in [2.45, 2.75) is 49.1 Å². The normalized spacial score (nSPS) is 31.2. The Labute approximate surface area is 269 Å². The van der Waals surface area contributed by atoms with E-state index in [1.165, 1.54) is 34.0 Å². The fourth-order valence-corrected chi connectivity index (χ4v) is 7.66. The second kappa shape index (κ2) is 13.9. The van der Waals surface area contributed by atoms with Crippen LogP contribution >= 0.6 is 23.5 Å². The van der Waals surface area contributed by atoms with Gasteiger partial charge in [0.15, 0.2) is 36.4 Å². The molecule has 27 heteroatoms. The van der Waals surface area contributed by atoms with Crippen molar-refractivity contribution in [2.75, 3.05) is 35.8 Å². The number of fused-ring (bicyclic) bond motifs is 1. The Morgan fingerprint density at radius 3 is 2.29 bits per heavy atom. The van der Waals surface area contributed by atoms with Gasteiger partial charge in [0.25, 0.3) is 12.1 Å². The number of aliphatic hydroxyl groups is 3. The molecule has 10 atom stereocenters.